The Bertz CT molecular complexity index is 640. The van der Waals surface area contributed by atoms with Crippen molar-refractivity contribution in [2.75, 3.05) is 46.6 Å². The van der Waals surface area contributed by atoms with Gasteiger partial charge in [-0.3, -0.25) is 4.99 Å². The molecule has 0 radical (unpaired) electrons. The molecular weight excluding hydrogens is 340 g/mol. The highest BCUT2D eigenvalue weighted by Crippen LogP contribution is 2.12. The predicted octanol–water partition coefficient (Wildman–Crippen LogP) is 1.37. The first-order chi connectivity index (χ1) is 11.9. The van der Waals surface area contributed by atoms with Gasteiger partial charge in [0.05, 0.1) is 12.9 Å². The number of rotatable bonds is 9. The van der Waals surface area contributed by atoms with E-state index in [4.69, 9.17) is 4.74 Å². The molecule has 0 heterocycles. The average Bonchev–Trinajstić information content (AvgIpc) is 2.60. The minimum absolute atomic E-state index is 0.0457. The third-order valence-electron chi connectivity index (χ3n) is 3.89. The zero-order valence-corrected chi connectivity index (χ0v) is 16.6. The lowest BCUT2D eigenvalue weighted by Crippen LogP contribution is -2.42. The van der Waals surface area contributed by atoms with Gasteiger partial charge >= 0.3 is 0 Å². The molecule has 0 saturated carbocycles. The first-order valence-corrected chi connectivity index (χ1v) is 10.0. The molecule has 0 aliphatic carbocycles. The van der Waals surface area contributed by atoms with Crippen LogP contribution < -0.4 is 10.1 Å². The molecule has 25 heavy (non-hydrogen) atoms. The van der Waals surface area contributed by atoms with Crippen LogP contribution in [-0.4, -0.2) is 70.2 Å². The van der Waals surface area contributed by atoms with Crippen LogP contribution in [-0.2, 0) is 16.6 Å². The van der Waals surface area contributed by atoms with Crippen LogP contribution in [0.3, 0.4) is 0 Å². The van der Waals surface area contributed by atoms with Crippen molar-refractivity contribution in [1.29, 1.82) is 0 Å². The van der Waals surface area contributed by atoms with E-state index in [-0.39, 0.29) is 5.75 Å². The SMILES string of the molecule is CCN(CC)S(=O)(=O)CCNC(=NC)N(C)Cc1ccc(OC)cc1. The van der Waals surface area contributed by atoms with Gasteiger partial charge in [-0.25, -0.2) is 12.7 Å². The molecule has 0 aliphatic rings. The van der Waals surface area contributed by atoms with Gasteiger partial charge in [0.15, 0.2) is 5.96 Å². The van der Waals surface area contributed by atoms with Gasteiger partial charge in [-0.15, -0.1) is 0 Å². The second-order valence-electron chi connectivity index (χ2n) is 5.58. The highest BCUT2D eigenvalue weighted by atomic mass is 32.2. The molecule has 0 amide bonds. The van der Waals surface area contributed by atoms with Crippen LogP contribution in [0.5, 0.6) is 5.75 Å². The number of hydrogen-bond donors (Lipinski definition) is 1. The fraction of sp³-hybridized carbons (Fsp3) is 0.588. The van der Waals surface area contributed by atoms with Gasteiger partial charge < -0.3 is 15.0 Å². The van der Waals surface area contributed by atoms with Gasteiger partial charge in [-0.05, 0) is 17.7 Å². The van der Waals surface area contributed by atoms with Gasteiger partial charge in [0.1, 0.15) is 5.75 Å². The Balaban J connectivity index is 2.58. The Morgan fingerprint density at radius 3 is 2.28 bits per heavy atom. The molecule has 0 unspecified atom stereocenters. The molecule has 0 saturated heterocycles. The van der Waals surface area contributed by atoms with Crippen LogP contribution in [0, 0.1) is 0 Å². The van der Waals surface area contributed by atoms with Crippen molar-refractivity contribution >= 4 is 16.0 Å². The zero-order valence-electron chi connectivity index (χ0n) is 15.8. The average molecular weight is 371 g/mol. The predicted molar refractivity (Wildman–Crippen MR) is 103 cm³/mol. The molecule has 1 aromatic carbocycles. The largest absolute Gasteiger partial charge is 0.497 e. The lowest BCUT2D eigenvalue weighted by Gasteiger charge is -2.23. The molecule has 0 bridgehead atoms. The van der Waals surface area contributed by atoms with Crippen molar-refractivity contribution in [3.05, 3.63) is 29.8 Å². The van der Waals surface area contributed by atoms with Crippen molar-refractivity contribution in [3.8, 4) is 5.75 Å². The van der Waals surface area contributed by atoms with E-state index in [1.54, 1.807) is 14.2 Å². The van der Waals surface area contributed by atoms with E-state index in [2.05, 4.69) is 10.3 Å². The monoisotopic (exact) mass is 370 g/mol. The molecular formula is C17H30N4O3S. The van der Waals surface area contributed by atoms with Crippen molar-refractivity contribution < 1.29 is 13.2 Å². The van der Waals surface area contributed by atoms with Gasteiger partial charge in [-0.2, -0.15) is 0 Å². The summed E-state index contributed by atoms with van der Waals surface area (Å²) in [5.74, 6) is 1.52. The zero-order chi connectivity index (χ0) is 18.9. The summed E-state index contributed by atoms with van der Waals surface area (Å²) in [4.78, 5) is 6.17. The molecule has 0 aromatic heterocycles. The lowest BCUT2D eigenvalue weighted by molar-refractivity contribution is 0.414. The van der Waals surface area contributed by atoms with Gasteiger partial charge in [0, 0.05) is 40.3 Å². The van der Waals surface area contributed by atoms with Crippen molar-refractivity contribution in [2.45, 2.75) is 20.4 Å². The minimum Gasteiger partial charge on any atom is -0.497 e. The van der Waals surface area contributed by atoms with E-state index < -0.39 is 10.0 Å². The summed E-state index contributed by atoms with van der Waals surface area (Å²) in [5, 5.41) is 3.12. The number of hydrogen-bond acceptors (Lipinski definition) is 4. The van der Waals surface area contributed by atoms with E-state index in [0.717, 1.165) is 11.3 Å². The van der Waals surface area contributed by atoms with Crippen molar-refractivity contribution in [1.82, 2.24) is 14.5 Å². The summed E-state index contributed by atoms with van der Waals surface area (Å²) < 4.78 is 31.0. The topological polar surface area (TPSA) is 74.2 Å². The van der Waals surface area contributed by atoms with Gasteiger partial charge in [0.25, 0.3) is 0 Å². The molecule has 0 aliphatic heterocycles. The number of methoxy groups -OCH3 is 1. The van der Waals surface area contributed by atoms with E-state index in [1.165, 1.54) is 4.31 Å². The number of ether oxygens (including phenoxy) is 1. The van der Waals surface area contributed by atoms with Crippen LogP contribution in [0.4, 0.5) is 0 Å². The van der Waals surface area contributed by atoms with E-state index >= 15 is 0 Å². The summed E-state index contributed by atoms with van der Waals surface area (Å²) in [6.07, 6.45) is 0. The molecule has 1 aromatic rings. The third-order valence-corrected chi connectivity index (χ3v) is 5.92. The number of nitrogens with one attached hydrogen (secondary N) is 1. The third kappa shape index (κ3) is 6.55. The fourth-order valence-corrected chi connectivity index (χ4v) is 3.91. The van der Waals surface area contributed by atoms with Crippen LogP contribution in [0.1, 0.15) is 19.4 Å². The minimum atomic E-state index is -3.24. The van der Waals surface area contributed by atoms with Gasteiger partial charge in [-0.1, -0.05) is 26.0 Å². The summed E-state index contributed by atoms with van der Waals surface area (Å²) in [7, 11) is 2.00. The van der Waals surface area contributed by atoms with Crippen molar-refractivity contribution in [3.63, 3.8) is 0 Å². The normalized spacial score (nSPS) is 12.3. The Morgan fingerprint density at radius 2 is 1.80 bits per heavy atom. The number of aliphatic imine (C=N–C) groups is 1. The van der Waals surface area contributed by atoms with Crippen LogP contribution in [0.25, 0.3) is 0 Å². The standard InChI is InChI=1S/C17H30N4O3S/c1-6-21(7-2)25(22,23)13-12-19-17(18-3)20(4)14-15-8-10-16(24-5)11-9-15/h8-11H,6-7,12-14H2,1-5H3,(H,18,19). The molecule has 1 N–H and O–H groups in total. The number of benzene rings is 1. The lowest BCUT2D eigenvalue weighted by atomic mass is 10.2. The fourth-order valence-electron chi connectivity index (χ4n) is 2.50. The van der Waals surface area contributed by atoms with E-state index in [9.17, 15) is 8.42 Å². The Kier molecular flexibility index (Phi) is 8.71. The summed E-state index contributed by atoms with van der Waals surface area (Å²) in [6.45, 7) is 5.65. The van der Waals surface area contributed by atoms with E-state index in [1.807, 2.05) is 50.1 Å². The molecule has 0 spiro atoms. The Morgan fingerprint density at radius 1 is 1.20 bits per heavy atom. The highest BCUT2D eigenvalue weighted by Gasteiger charge is 2.18. The second kappa shape index (κ2) is 10.2. The number of sulfonamides is 1. The first kappa shape index (κ1) is 21.2. The summed E-state index contributed by atoms with van der Waals surface area (Å²) >= 11 is 0. The molecule has 0 atom stereocenters. The van der Waals surface area contributed by atoms with E-state index in [0.29, 0.717) is 32.1 Å². The molecule has 142 valence electrons. The second-order valence-corrected chi connectivity index (χ2v) is 7.67. The molecule has 1 rings (SSSR count). The van der Waals surface area contributed by atoms with Crippen LogP contribution >= 0.6 is 0 Å². The maximum Gasteiger partial charge on any atom is 0.215 e. The quantitative estimate of drug-likeness (QED) is 0.525. The molecule has 8 heteroatoms. The Hall–Kier alpha value is -1.80. The maximum absolute atomic E-state index is 12.2. The summed E-state index contributed by atoms with van der Waals surface area (Å²) in [5.41, 5.74) is 1.11. The highest BCUT2D eigenvalue weighted by molar-refractivity contribution is 7.89. The number of nitrogens with zero attached hydrogens (tertiary/aromatic N) is 3. The smallest absolute Gasteiger partial charge is 0.215 e. The molecule has 7 nitrogen and oxygen atoms in total. The van der Waals surface area contributed by atoms with Crippen molar-refractivity contribution in [2.24, 2.45) is 4.99 Å². The Labute approximate surface area is 151 Å². The first-order valence-electron chi connectivity index (χ1n) is 8.40. The van der Waals surface area contributed by atoms with Crippen LogP contribution in [0.15, 0.2) is 29.3 Å². The summed E-state index contributed by atoms with van der Waals surface area (Å²) in [6, 6.07) is 7.81. The maximum atomic E-state index is 12.2. The molecule has 0 fully saturated rings. The van der Waals surface area contributed by atoms with Crippen LogP contribution in [0.2, 0.25) is 0 Å². The number of guanidine groups is 1. The van der Waals surface area contributed by atoms with Gasteiger partial charge in [0.2, 0.25) is 10.0 Å².